The average Bonchev–Trinajstić information content (AvgIpc) is 2.66. The van der Waals surface area contributed by atoms with Gasteiger partial charge >= 0.3 is 0 Å². The maximum absolute atomic E-state index is 3.84. The van der Waals surface area contributed by atoms with Crippen molar-refractivity contribution < 1.29 is 0 Å². The van der Waals surface area contributed by atoms with Gasteiger partial charge < -0.3 is 0 Å². The summed E-state index contributed by atoms with van der Waals surface area (Å²) in [5.74, 6) is 0.765. The lowest BCUT2D eigenvalue weighted by atomic mass is 9.95. The van der Waals surface area contributed by atoms with Crippen molar-refractivity contribution in [2.24, 2.45) is 5.92 Å². The number of rotatable bonds is 6. The smallest absolute Gasteiger partial charge is 0.0222 e. The molecular formula is C12H18Br2S. The van der Waals surface area contributed by atoms with E-state index >= 15 is 0 Å². The minimum Gasteiger partial charge on any atom is -0.149 e. The van der Waals surface area contributed by atoms with E-state index in [2.05, 4.69) is 63.2 Å². The first kappa shape index (κ1) is 13.7. The summed E-state index contributed by atoms with van der Waals surface area (Å²) in [6, 6.07) is 4.36. The molecule has 0 spiro atoms. The van der Waals surface area contributed by atoms with E-state index in [1.165, 1.54) is 17.7 Å². The highest BCUT2D eigenvalue weighted by atomic mass is 79.9. The molecule has 0 aliphatic rings. The Morgan fingerprint density at radius 2 is 2.13 bits per heavy atom. The quantitative estimate of drug-likeness (QED) is 0.612. The van der Waals surface area contributed by atoms with E-state index in [1.54, 1.807) is 0 Å². The summed E-state index contributed by atoms with van der Waals surface area (Å²) in [5.41, 5.74) is 0. The van der Waals surface area contributed by atoms with Gasteiger partial charge in [0.05, 0.1) is 0 Å². The van der Waals surface area contributed by atoms with Crippen molar-refractivity contribution in [1.82, 2.24) is 0 Å². The predicted octanol–water partition coefficient (Wildman–Crippen LogP) is 5.25. The summed E-state index contributed by atoms with van der Waals surface area (Å²) in [5, 5.41) is 2.16. The van der Waals surface area contributed by atoms with E-state index in [4.69, 9.17) is 0 Å². The van der Waals surface area contributed by atoms with Crippen LogP contribution in [0.2, 0.25) is 0 Å². The molecule has 3 atom stereocenters. The molecule has 1 heterocycles. The summed E-state index contributed by atoms with van der Waals surface area (Å²) in [6.07, 6.45) is 3.66. The van der Waals surface area contributed by atoms with Gasteiger partial charge in [0.2, 0.25) is 0 Å². The van der Waals surface area contributed by atoms with Gasteiger partial charge in [-0.25, -0.2) is 0 Å². The van der Waals surface area contributed by atoms with Gasteiger partial charge in [0, 0.05) is 14.5 Å². The molecule has 1 rings (SSSR count). The van der Waals surface area contributed by atoms with Gasteiger partial charge in [0.1, 0.15) is 0 Å². The molecule has 0 radical (unpaired) electrons. The number of halogens is 2. The lowest BCUT2D eigenvalue weighted by Crippen LogP contribution is -2.18. The summed E-state index contributed by atoms with van der Waals surface area (Å²) >= 11 is 9.34. The second kappa shape index (κ2) is 7.08. The first-order valence-corrected chi connectivity index (χ1v) is 8.15. The van der Waals surface area contributed by atoms with E-state index in [1.807, 2.05) is 11.3 Å². The fourth-order valence-corrected chi connectivity index (χ4v) is 4.17. The van der Waals surface area contributed by atoms with Crippen molar-refractivity contribution >= 4 is 43.2 Å². The number of alkyl halides is 2. The fraction of sp³-hybridized carbons (Fsp3) is 0.667. The Kier molecular flexibility index (Phi) is 6.48. The Morgan fingerprint density at radius 1 is 1.40 bits per heavy atom. The monoisotopic (exact) mass is 352 g/mol. The van der Waals surface area contributed by atoms with E-state index in [0.29, 0.717) is 9.65 Å². The third kappa shape index (κ3) is 5.01. The summed E-state index contributed by atoms with van der Waals surface area (Å²) in [6.45, 7) is 4.51. The molecule has 1 aromatic heterocycles. The van der Waals surface area contributed by atoms with Crippen LogP contribution in [0.5, 0.6) is 0 Å². The summed E-state index contributed by atoms with van der Waals surface area (Å²) in [7, 11) is 0. The zero-order chi connectivity index (χ0) is 11.3. The van der Waals surface area contributed by atoms with Gasteiger partial charge in [-0.15, -0.1) is 11.3 Å². The normalized spacial score (nSPS) is 17.3. The molecule has 0 aliphatic carbocycles. The lowest BCUT2D eigenvalue weighted by Gasteiger charge is -2.22. The van der Waals surface area contributed by atoms with E-state index in [-0.39, 0.29) is 0 Å². The van der Waals surface area contributed by atoms with Crippen LogP contribution in [0.4, 0.5) is 0 Å². The minimum atomic E-state index is 0.612. The Balaban J connectivity index is 2.46. The molecule has 0 bridgehead atoms. The van der Waals surface area contributed by atoms with Crippen LogP contribution in [0.3, 0.4) is 0 Å². The number of thiophene rings is 1. The topological polar surface area (TPSA) is 0 Å². The third-order valence-corrected chi connectivity index (χ3v) is 4.98. The first-order valence-electron chi connectivity index (χ1n) is 5.44. The van der Waals surface area contributed by atoms with E-state index in [9.17, 15) is 0 Å². The fourth-order valence-electron chi connectivity index (χ4n) is 1.77. The maximum atomic E-state index is 3.84. The molecule has 0 saturated carbocycles. The van der Waals surface area contributed by atoms with Crippen LogP contribution in [0.25, 0.3) is 0 Å². The molecule has 0 amide bonds. The highest BCUT2D eigenvalue weighted by Gasteiger charge is 2.19. The van der Waals surface area contributed by atoms with Crippen molar-refractivity contribution in [3.05, 3.63) is 22.4 Å². The highest BCUT2D eigenvalue weighted by Crippen LogP contribution is 2.28. The van der Waals surface area contributed by atoms with Gasteiger partial charge in [-0.1, -0.05) is 58.2 Å². The maximum Gasteiger partial charge on any atom is 0.0222 e. The molecule has 3 unspecified atom stereocenters. The van der Waals surface area contributed by atoms with Gasteiger partial charge in [0.15, 0.2) is 0 Å². The van der Waals surface area contributed by atoms with Crippen LogP contribution in [0.1, 0.15) is 31.6 Å². The standard InChI is InChI=1S/C12H18Br2S/c1-3-10(7-9(2)13)12(14)8-11-5-4-6-15-11/h4-6,9-10,12H,3,7-8H2,1-2H3. The zero-order valence-electron chi connectivity index (χ0n) is 9.25. The summed E-state index contributed by atoms with van der Waals surface area (Å²) in [4.78, 5) is 2.71. The van der Waals surface area contributed by atoms with Crippen LogP contribution in [-0.4, -0.2) is 9.65 Å². The van der Waals surface area contributed by atoms with Crippen LogP contribution >= 0.6 is 43.2 Å². The zero-order valence-corrected chi connectivity index (χ0v) is 13.2. The third-order valence-electron chi connectivity index (χ3n) is 2.64. The second-order valence-electron chi connectivity index (χ2n) is 3.98. The molecule has 0 fully saturated rings. The number of hydrogen-bond donors (Lipinski definition) is 0. The molecule has 0 aliphatic heterocycles. The van der Waals surface area contributed by atoms with Crippen LogP contribution < -0.4 is 0 Å². The molecule has 0 saturated heterocycles. The van der Waals surface area contributed by atoms with Gasteiger partial charge in [-0.05, 0) is 30.2 Å². The summed E-state index contributed by atoms with van der Waals surface area (Å²) < 4.78 is 0. The molecule has 0 N–H and O–H groups in total. The van der Waals surface area contributed by atoms with Gasteiger partial charge in [-0.3, -0.25) is 0 Å². The highest BCUT2D eigenvalue weighted by molar-refractivity contribution is 9.09. The molecular weight excluding hydrogens is 336 g/mol. The Labute approximate surface area is 114 Å². The second-order valence-corrected chi connectivity index (χ2v) is 7.76. The molecule has 0 aromatic carbocycles. The minimum absolute atomic E-state index is 0.612. The predicted molar refractivity (Wildman–Crippen MR) is 77.5 cm³/mol. The van der Waals surface area contributed by atoms with Crippen molar-refractivity contribution in [3.63, 3.8) is 0 Å². The Morgan fingerprint density at radius 3 is 2.60 bits per heavy atom. The molecule has 3 heteroatoms. The SMILES string of the molecule is CCC(CC(C)Br)C(Br)Cc1cccs1. The van der Waals surface area contributed by atoms with E-state index < -0.39 is 0 Å². The van der Waals surface area contributed by atoms with Gasteiger partial charge in [0.25, 0.3) is 0 Å². The molecule has 1 aromatic rings. The molecule has 86 valence electrons. The molecule has 0 nitrogen and oxygen atoms in total. The Bertz CT molecular complexity index is 257. The Hall–Kier alpha value is 0.660. The van der Waals surface area contributed by atoms with Crippen LogP contribution in [0, 0.1) is 5.92 Å². The van der Waals surface area contributed by atoms with Gasteiger partial charge in [-0.2, -0.15) is 0 Å². The van der Waals surface area contributed by atoms with Crippen molar-refractivity contribution in [2.45, 2.75) is 42.8 Å². The number of hydrogen-bond acceptors (Lipinski definition) is 1. The largest absolute Gasteiger partial charge is 0.149 e. The van der Waals surface area contributed by atoms with E-state index in [0.717, 1.165) is 12.3 Å². The lowest BCUT2D eigenvalue weighted by molar-refractivity contribution is 0.458. The van der Waals surface area contributed by atoms with Crippen molar-refractivity contribution in [1.29, 1.82) is 0 Å². The van der Waals surface area contributed by atoms with Crippen molar-refractivity contribution in [3.8, 4) is 0 Å². The van der Waals surface area contributed by atoms with Crippen LogP contribution in [-0.2, 0) is 6.42 Å². The first-order chi connectivity index (χ1) is 7.13. The van der Waals surface area contributed by atoms with Crippen LogP contribution in [0.15, 0.2) is 17.5 Å². The molecule has 15 heavy (non-hydrogen) atoms. The van der Waals surface area contributed by atoms with Crippen molar-refractivity contribution in [2.75, 3.05) is 0 Å². The average molecular weight is 354 g/mol.